The van der Waals surface area contributed by atoms with Crippen LogP contribution < -0.4 is 15.4 Å². The molecule has 3 aliphatic rings. The lowest BCUT2D eigenvalue weighted by molar-refractivity contribution is -0.139. The van der Waals surface area contributed by atoms with Crippen molar-refractivity contribution in [3.8, 4) is 0 Å². The summed E-state index contributed by atoms with van der Waals surface area (Å²) in [4.78, 5) is 32.0. The van der Waals surface area contributed by atoms with Crippen LogP contribution in [0.3, 0.4) is 0 Å². The van der Waals surface area contributed by atoms with E-state index in [1.807, 2.05) is 59.5 Å². The summed E-state index contributed by atoms with van der Waals surface area (Å²) in [7, 11) is -3.51. The number of carbonyl (C=O) groups is 2. The Bertz CT molecular complexity index is 1660. The molecule has 9 nitrogen and oxygen atoms in total. The van der Waals surface area contributed by atoms with E-state index >= 15 is 0 Å². The Labute approximate surface area is 289 Å². The molecule has 3 N–H and O–H groups in total. The molecule has 2 unspecified atom stereocenters. The fraction of sp³-hybridized carbons (Fsp3) is 0.459. The lowest BCUT2D eigenvalue weighted by Crippen LogP contribution is -2.64. The fourth-order valence-electron chi connectivity index (χ4n) is 7.49. The van der Waals surface area contributed by atoms with E-state index in [1.54, 1.807) is 12.1 Å². The molecule has 2 heterocycles. The first kappa shape index (κ1) is 34.6. The molecule has 6 rings (SSSR count). The minimum atomic E-state index is -3.51. The van der Waals surface area contributed by atoms with Crippen LogP contribution >= 0.6 is 11.6 Å². The zero-order valence-corrected chi connectivity index (χ0v) is 28.9. The van der Waals surface area contributed by atoms with Gasteiger partial charge in [0.05, 0.1) is 11.8 Å². The van der Waals surface area contributed by atoms with Crippen molar-refractivity contribution in [3.63, 3.8) is 0 Å². The molecule has 2 atom stereocenters. The molecular weight excluding hydrogens is 646 g/mol. The lowest BCUT2D eigenvalue weighted by Gasteiger charge is -2.50. The van der Waals surface area contributed by atoms with Crippen molar-refractivity contribution in [2.75, 3.05) is 32.7 Å². The highest BCUT2D eigenvalue weighted by molar-refractivity contribution is 7.88. The number of nitrogens with one attached hydrogen (secondary N) is 3. The molecule has 256 valence electrons. The van der Waals surface area contributed by atoms with Gasteiger partial charge in [-0.15, -0.1) is 0 Å². The molecule has 0 bridgehead atoms. The Morgan fingerprint density at radius 1 is 0.854 bits per heavy atom. The fourth-order valence-corrected chi connectivity index (χ4v) is 8.84. The van der Waals surface area contributed by atoms with Crippen molar-refractivity contribution in [3.05, 3.63) is 106 Å². The lowest BCUT2D eigenvalue weighted by atomic mass is 9.80. The van der Waals surface area contributed by atoms with Gasteiger partial charge in [-0.1, -0.05) is 97.6 Å². The topological polar surface area (TPSA) is 111 Å². The molecule has 3 aromatic carbocycles. The van der Waals surface area contributed by atoms with Crippen LogP contribution in [0.5, 0.6) is 0 Å². The first-order chi connectivity index (χ1) is 23.2. The van der Waals surface area contributed by atoms with Gasteiger partial charge in [0, 0.05) is 56.3 Å². The van der Waals surface area contributed by atoms with Crippen molar-refractivity contribution >= 4 is 33.4 Å². The number of carbonyl (C=O) groups excluding carboxylic acids is 2. The number of piperazine rings is 1. The molecule has 0 radical (unpaired) electrons. The number of hydrogen-bond acceptors (Lipinski definition) is 6. The van der Waals surface area contributed by atoms with Crippen molar-refractivity contribution < 1.29 is 18.0 Å². The van der Waals surface area contributed by atoms with Crippen LogP contribution in [0.4, 0.5) is 0 Å². The Morgan fingerprint density at radius 3 is 2.23 bits per heavy atom. The van der Waals surface area contributed by atoms with E-state index in [0.29, 0.717) is 57.1 Å². The average molecular weight is 692 g/mol. The van der Waals surface area contributed by atoms with Crippen molar-refractivity contribution in [2.24, 2.45) is 0 Å². The summed E-state index contributed by atoms with van der Waals surface area (Å²) in [5, 5.41) is 7.06. The molecule has 0 spiro atoms. The minimum absolute atomic E-state index is 0.0458. The summed E-state index contributed by atoms with van der Waals surface area (Å²) < 4.78 is 29.1. The quantitative estimate of drug-likeness (QED) is 0.280. The number of amides is 2. The van der Waals surface area contributed by atoms with Crippen LogP contribution in [-0.4, -0.2) is 80.4 Å². The Morgan fingerprint density at radius 2 is 1.52 bits per heavy atom. The standard InChI is InChI=1S/C37H46ClN5O4S/c38-32-15-13-28(14-16-32)23-34(41-35(44)33-24-30-11-5-6-12-31(30)25-39-33)36(45)42-19-21-43(22-20-42)37(17-7-2-8-18-37)27-40-48(46,47)26-29-9-3-1-4-10-29/h1,3-6,9-16,33-34,39-40H,2,7-8,17-27H2,(H,41,44). The van der Waals surface area contributed by atoms with E-state index in [-0.39, 0.29) is 23.1 Å². The summed E-state index contributed by atoms with van der Waals surface area (Å²) in [6.07, 6.45) is 6.01. The largest absolute Gasteiger partial charge is 0.343 e. The third-order valence-corrected chi connectivity index (χ3v) is 11.8. The van der Waals surface area contributed by atoms with Gasteiger partial charge in [-0.2, -0.15) is 0 Å². The number of rotatable bonds is 11. The Kier molecular flexibility index (Phi) is 11.2. The molecule has 1 aliphatic carbocycles. The van der Waals surface area contributed by atoms with E-state index in [0.717, 1.165) is 48.8 Å². The molecule has 2 fully saturated rings. The monoisotopic (exact) mass is 691 g/mol. The van der Waals surface area contributed by atoms with Crippen LogP contribution in [0.1, 0.15) is 54.4 Å². The summed E-state index contributed by atoms with van der Waals surface area (Å²) >= 11 is 6.14. The van der Waals surface area contributed by atoms with Gasteiger partial charge in [-0.25, -0.2) is 13.1 Å². The Balaban J connectivity index is 1.11. The zero-order valence-electron chi connectivity index (χ0n) is 27.4. The SMILES string of the molecule is O=C(NC(Cc1ccc(Cl)cc1)C(=O)N1CCN(C2(CNS(=O)(=O)Cc3ccccc3)CCCCC2)CC1)C1Cc2ccccc2CN1. The minimum Gasteiger partial charge on any atom is -0.343 e. The van der Waals surface area contributed by atoms with Gasteiger partial charge in [0.1, 0.15) is 6.04 Å². The molecule has 1 saturated heterocycles. The highest BCUT2D eigenvalue weighted by Gasteiger charge is 2.41. The first-order valence-electron chi connectivity index (χ1n) is 17.1. The van der Waals surface area contributed by atoms with Crippen LogP contribution in [0.15, 0.2) is 78.9 Å². The molecule has 11 heteroatoms. The second-order valence-electron chi connectivity index (χ2n) is 13.5. The van der Waals surface area contributed by atoms with Crippen molar-refractivity contribution in [1.82, 2.24) is 25.2 Å². The van der Waals surface area contributed by atoms with E-state index < -0.39 is 22.1 Å². The van der Waals surface area contributed by atoms with E-state index in [9.17, 15) is 18.0 Å². The van der Waals surface area contributed by atoms with E-state index in [1.165, 1.54) is 5.56 Å². The summed E-state index contributed by atoms with van der Waals surface area (Å²) in [5.41, 5.74) is 3.73. The van der Waals surface area contributed by atoms with E-state index in [2.05, 4.69) is 32.4 Å². The van der Waals surface area contributed by atoms with Gasteiger partial charge in [0.15, 0.2) is 0 Å². The van der Waals surface area contributed by atoms with Gasteiger partial charge in [0.25, 0.3) is 0 Å². The molecular formula is C37H46ClN5O4S. The second-order valence-corrected chi connectivity index (χ2v) is 15.7. The van der Waals surface area contributed by atoms with Crippen LogP contribution in [0, 0.1) is 0 Å². The predicted molar refractivity (Wildman–Crippen MR) is 189 cm³/mol. The summed E-state index contributed by atoms with van der Waals surface area (Å²) in [6, 6.07) is 23.6. The van der Waals surface area contributed by atoms with Gasteiger partial charge in [-0.05, 0) is 53.6 Å². The van der Waals surface area contributed by atoms with Gasteiger partial charge >= 0.3 is 0 Å². The number of fused-ring (bicyclic) bond motifs is 1. The number of hydrogen-bond donors (Lipinski definition) is 3. The molecule has 1 saturated carbocycles. The Hall–Kier alpha value is -3.28. The zero-order chi connectivity index (χ0) is 33.6. The number of sulfonamides is 1. The first-order valence-corrected chi connectivity index (χ1v) is 19.1. The van der Waals surface area contributed by atoms with Gasteiger partial charge in [-0.3, -0.25) is 14.5 Å². The smallest absolute Gasteiger partial charge is 0.245 e. The molecule has 48 heavy (non-hydrogen) atoms. The van der Waals surface area contributed by atoms with Crippen molar-refractivity contribution in [2.45, 2.75) is 74.9 Å². The van der Waals surface area contributed by atoms with Crippen LogP contribution in [0.2, 0.25) is 5.02 Å². The van der Waals surface area contributed by atoms with Gasteiger partial charge in [0.2, 0.25) is 21.8 Å². The molecule has 3 aromatic rings. The maximum Gasteiger partial charge on any atom is 0.245 e. The average Bonchev–Trinajstić information content (AvgIpc) is 3.11. The molecule has 2 aliphatic heterocycles. The van der Waals surface area contributed by atoms with Crippen molar-refractivity contribution in [1.29, 1.82) is 0 Å². The third-order valence-electron chi connectivity index (χ3n) is 10.2. The van der Waals surface area contributed by atoms with Crippen LogP contribution in [0.25, 0.3) is 0 Å². The number of nitrogens with zero attached hydrogens (tertiary/aromatic N) is 2. The second kappa shape index (κ2) is 15.5. The third kappa shape index (κ3) is 8.65. The molecule has 2 amide bonds. The number of benzene rings is 3. The summed E-state index contributed by atoms with van der Waals surface area (Å²) in [6.45, 7) is 3.29. The maximum atomic E-state index is 14.1. The molecule has 0 aromatic heterocycles. The normalized spacial score (nSPS) is 20.4. The highest BCUT2D eigenvalue weighted by atomic mass is 35.5. The van der Waals surface area contributed by atoms with E-state index in [4.69, 9.17) is 11.6 Å². The predicted octanol–water partition coefficient (Wildman–Crippen LogP) is 4.05. The van der Waals surface area contributed by atoms with Gasteiger partial charge < -0.3 is 15.5 Å². The van der Waals surface area contributed by atoms with Crippen LogP contribution in [-0.2, 0) is 44.8 Å². The highest BCUT2D eigenvalue weighted by Crippen LogP contribution is 2.34. The summed E-state index contributed by atoms with van der Waals surface area (Å²) in [5.74, 6) is -0.328. The number of halogens is 1. The maximum absolute atomic E-state index is 14.1.